The summed E-state index contributed by atoms with van der Waals surface area (Å²) in [5, 5.41) is 9.72. The first-order valence-electron chi connectivity index (χ1n) is 10.1. The summed E-state index contributed by atoms with van der Waals surface area (Å²) >= 11 is 7.18. The Bertz CT molecular complexity index is 1410. The van der Waals surface area contributed by atoms with Crippen LogP contribution in [0, 0.1) is 13.8 Å². The van der Waals surface area contributed by atoms with E-state index in [1.807, 2.05) is 36.6 Å². The third-order valence-corrected chi connectivity index (χ3v) is 6.15. The van der Waals surface area contributed by atoms with Crippen molar-refractivity contribution in [3.63, 3.8) is 0 Å². The predicted molar refractivity (Wildman–Crippen MR) is 128 cm³/mol. The van der Waals surface area contributed by atoms with Crippen LogP contribution in [-0.4, -0.2) is 36.3 Å². The van der Waals surface area contributed by atoms with Gasteiger partial charge in [-0.1, -0.05) is 35.5 Å². The van der Waals surface area contributed by atoms with E-state index in [4.69, 9.17) is 11.6 Å². The van der Waals surface area contributed by atoms with Gasteiger partial charge in [0.1, 0.15) is 5.82 Å². The number of aryl methyl sites for hydroxylation is 2. The van der Waals surface area contributed by atoms with E-state index in [0.717, 1.165) is 16.8 Å². The fourth-order valence-corrected chi connectivity index (χ4v) is 4.33. The van der Waals surface area contributed by atoms with Crippen LogP contribution in [0.2, 0.25) is 5.02 Å². The number of carbonyl (C=O) groups excluding carboxylic acids is 1. The van der Waals surface area contributed by atoms with Crippen LogP contribution >= 0.6 is 23.4 Å². The van der Waals surface area contributed by atoms with Crippen LogP contribution in [0.25, 0.3) is 5.69 Å². The molecule has 33 heavy (non-hydrogen) atoms. The molecule has 8 nitrogen and oxygen atoms in total. The van der Waals surface area contributed by atoms with Crippen molar-refractivity contribution in [2.45, 2.75) is 25.4 Å². The Balaban J connectivity index is 1.70. The predicted octanol–water partition coefficient (Wildman–Crippen LogP) is 3.48. The second-order valence-electron chi connectivity index (χ2n) is 7.53. The molecule has 2 N–H and O–H groups in total. The van der Waals surface area contributed by atoms with Gasteiger partial charge < -0.3 is 4.98 Å². The van der Waals surface area contributed by atoms with Crippen molar-refractivity contribution in [2.75, 3.05) is 5.75 Å². The van der Waals surface area contributed by atoms with Crippen molar-refractivity contribution in [1.82, 2.24) is 24.7 Å². The number of H-pyrrole nitrogens is 2. The Morgan fingerprint density at radius 2 is 1.79 bits per heavy atom. The lowest BCUT2D eigenvalue weighted by Gasteiger charge is -2.13. The Hall–Kier alpha value is -3.43. The largest absolute Gasteiger partial charge is 0.325 e. The number of benzene rings is 2. The highest BCUT2D eigenvalue weighted by Crippen LogP contribution is 2.26. The van der Waals surface area contributed by atoms with Crippen molar-refractivity contribution >= 4 is 29.1 Å². The lowest BCUT2D eigenvalue weighted by Crippen LogP contribution is -2.23. The highest BCUT2D eigenvalue weighted by Gasteiger charge is 2.19. The molecule has 10 heteroatoms. The summed E-state index contributed by atoms with van der Waals surface area (Å²) in [4.78, 5) is 40.9. The van der Waals surface area contributed by atoms with Crippen molar-refractivity contribution in [3.05, 3.63) is 103 Å². The number of nitrogens with one attached hydrogen (secondary N) is 2. The van der Waals surface area contributed by atoms with Gasteiger partial charge in [0.25, 0.3) is 5.56 Å². The molecule has 4 rings (SSSR count). The standard InChI is InChI=1S/C23H20ClN5O3S/c1-13-3-4-14(2)18(9-13)29-20(10-17-11-21(31)26-22(32)25-17)27-28-23(29)33-12-19(30)15-5-7-16(24)8-6-15/h3-9,11H,10,12H2,1-2H3,(H2,25,26,31,32). The highest BCUT2D eigenvalue weighted by atomic mass is 35.5. The number of nitrogens with zero attached hydrogens (tertiary/aromatic N) is 3. The molecule has 0 saturated heterocycles. The Labute approximate surface area is 198 Å². The Kier molecular flexibility index (Phi) is 6.62. The summed E-state index contributed by atoms with van der Waals surface area (Å²) in [6, 6.07) is 14.1. The summed E-state index contributed by atoms with van der Waals surface area (Å²) in [7, 11) is 0. The summed E-state index contributed by atoms with van der Waals surface area (Å²) in [5.74, 6) is 0.631. The Morgan fingerprint density at radius 3 is 2.52 bits per heavy atom. The fourth-order valence-electron chi connectivity index (χ4n) is 3.34. The molecule has 0 aliphatic heterocycles. The number of Topliss-reactive ketones (excluding diaryl/α,β-unsaturated/α-hetero) is 1. The number of rotatable bonds is 7. The van der Waals surface area contributed by atoms with Crippen molar-refractivity contribution in [3.8, 4) is 5.69 Å². The van der Waals surface area contributed by atoms with Crippen LogP contribution in [0.5, 0.6) is 0 Å². The molecular weight excluding hydrogens is 462 g/mol. The monoisotopic (exact) mass is 481 g/mol. The average molecular weight is 482 g/mol. The third-order valence-electron chi connectivity index (χ3n) is 4.97. The molecule has 0 fully saturated rings. The molecule has 0 unspecified atom stereocenters. The van der Waals surface area contributed by atoms with Crippen LogP contribution < -0.4 is 11.2 Å². The van der Waals surface area contributed by atoms with Gasteiger partial charge in [0, 0.05) is 28.8 Å². The van der Waals surface area contributed by atoms with Crippen LogP contribution in [0.1, 0.15) is 33.0 Å². The van der Waals surface area contributed by atoms with E-state index in [-0.39, 0.29) is 18.0 Å². The molecule has 2 heterocycles. The number of hydrogen-bond donors (Lipinski definition) is 2. The van der Waals surface area contributed by atoms with Gasteiger partial charge in [0.15, 0.2) is 10.9 Å². The highest BCUT2D eigenvalue weighted by molar-refractivity contribution is 7.99. The second kappa shape index (κ2) is 9.60. The maximum atomic E-state index is 12.7. The number of aromatic amines is 2. The number of carbonyl (C=O) groups is 1. The smallest absolute Gasteiger partial charge is 0.311 e. The summed E-state index contributed by atoms with van der Waals surface area (Å²) in [6.45, 7) is 3.96. The molecule has 0 amide bonds. The van der Waals surface area contributed by atoms with Crippen molar-refractivity contribution in [2.24, 2.45) is 0 Å². The first-order valence-corrected chi connectivity index (χ1v) is 11.4. The van der Waals surface area contributed by atoms with E-state index >= 15 is 0 Å². The summed E-state index contributed by atoms with van der Waals surface area (Å²) < 4.78 is 1.86. The minimum atomic E-state index is -0.585. The molecule has 0 saturated carbocycles. The molecule has 0 spiro atoms. The van der Waals surface area contributed by atoms with Crippen molar-refractivity contribution in [1.29, 1.82) is 0 Å². The maximum absolute atomic E-state index is 12.7. The van der Waals surface area contributed by atoms with Gasteiger partial charge in [0.05, 0.1) is 11.4 Å². The molecule has 168 valence electrons. The van der Waals surface area contributed by atoms with E-state index < -0.39 is 11.2 Å². The first kappa shape index (κ1) is 22.8. The van der Waals surface area contributed by atoms with Gasteiger partial charge >= 0.3 is 5.69 Å². The number of aromatic nitrogens is 5. The van der Waals surface area contributed by atoms with Gasteiger partial charge in [-0.05, 0) is 55.3 Å². The molecule has 2 aromatic heterocycles. The zero-order valence-corrected chi connectivity index (χ0v) is 19.5. The summed E-state index contributed by atoms with van der Waals surface area (Å²) in [6.07, 6.45) is 0.186. The zero-order chi connectivity index (χ0) is 23.5. The SMILES string of the molecule is Cc1ccc(C)c(-n2c(Cc3cc(=O)[nH]c(=O)[nH]3)nnc2SCC(=O)c2ccc(Cl)cc2)c1. The van der Waals surface area contributed by atoms with E-state index in [0.29, 0.717) is 27.3 Å². The van der Waals surface area contributed by atoms with Crippen LogP contribution in [-0.2, 0) is 6.42 Å². The van der Waals surface area contributed by atoms with E-state index in [1.54, 1.807) is 24.3 Å². The molecule has 4 aromatic rings. The van der Waals surface area contributed by atoms with E-state index in [1.165, 1.54) is 17.8 Å². The normalized spacial score (nSPS) is 11.0. The molecule has 0 aliphatic carbocycles. The van der Waals surface area contributed by atoms with Gasteiger partial charge in [-0.2, -0.15) is 0 Å². The van der Waals surface area contributed by atoms with Crippen LogP contribution in [0.3, 0.4) is 0 Å². The number of hydrogen-bond acceptors (Lipinski definition) is 6. The van der Waals surface area contributed by atoms with E-state index in [9.17, 15) is 14.4 Å². The number of halogens is 1. The quantitative estimate of drug-likeness (QED) is 0.308. The van der Waals surface area contributed by atoms with Crippen molar-refractivity contribution < 1.29 is 4.79 Å². The average Bonchev–Trinajstić information content (AvgIpc) is 3.15. The molecule has 0 atom stereocenters. The number of thioether (sulfide) groups is 1. The minimum Gasteiger partial charge on any atom is -0.311 e. The molecule has 2 aromatic carbocycles. The Morgan fingerprint density at radius 1 is 1.03 bits per heavy atom. The molecule has 0 bridgehead atoms. The van der Waals surface area contributed by atoms with Crippen LogP contribution in [0.4, 0.5) is 0 Å². The topological polar surface area (TPSA) is 114 Å². The lowest BCUT2D eigenvalue weighted by atomic mass is 10.1. The number of ketones is 1. The maximum Gasteiger partial charge on any atom is 0.325 e. The summed E-state index contributed by atoms with van der Waals surface area (Å²) in [5.41, 5.74) is 2.80. The first-order chi connectivity index (χ1) is 15.8. The molecular formula is C23H20ClN5O3S. The molecule has 0 radical (unpaired) electrons. The lowest BCUT2D eigenvalue weighted by molar-refractivity contribution is 0.102. The fraction of sp³-hybridized carbons (Fsp3) is 0.174. The van der Waals surface area contributed by atoms with E-state index in [2.05, 4.69) is 20.2 Å². The molecule has 0 aliphatic rings. The zero-order valence-electron chi connectivity index (χ0n) is 17.9. The second-order valence-corrected chi connectivity index (χ2v) is 8.91. The van der Waals surface area contributed by atoms with Gasteiger partial charge in [-0.15, -0.1) is 10.2 Å². The van der Waals surface area contributed by atoms with Gasteiger partial charge in [0.2, 0.25) is 0 Å². The van der Waals surface area contributed by atoms with Gasteiger partial charge in [-0.3, -0.25) is 19.1 Å². The van der Waals surface area contributed by atoms with Crippen LogP contribution in [0.15, 0.2) is 63.3 Å². The minimum absolute atomic E-state index is 0.0624. The van der Waals surface area contributed by atoms with Gasteiger partial charge in [-0.25, -0.2) is 4.79 Å². The third kappa shape index (κ3) is 5.32.